The number of hydrogen-bond acceptors (Lipinski definition) is 4. The normalized spacial score (nSPS) is 11.5. The molecule has 0 spiro atoms. The number of para-hydroxylation sites is 2. The Labute approximate surface area is 144 Å². The number of thioether (sulfide) groups is 1. The van der Waals surface area contributed by atoms with E-state index in [0.717, 1.165) is 44.4 Å². The highest BCUT2D eigenvalue weighted by atomic mass is 32.2. The van der Waals surface area contributed by atoms with E-state index < -0.39 is 0 Å². The minimum Gasteiger partial charge on any atom is -0.333 e. The maximum absolute atomic E-state index is 4.75. The Morgan fingerprint density at radius 3 is 2.46 bits per heavy atom. The van der Waals surface area contributed by atoms with Crippen molar-refractivity contribution in [2.24, 2.45) is 0 Å². The van der Waals surface area contributed by atoms with Crippen molar-refractivity contribution in [3.05, 3.63) is 58.9 Å². The number of nitrogens with zero attached hydrogens (tertiary/aromatic N) is 3. The van der Waals surface area contributed by atoms with Gasteiger partial charge in [-0.3, -0.25) is 0 Å². The number of aromatic nitrogens is 4. The number of aryl methyl sites for hydroxylation is 3. The highest BCUT2D eigenvalue weighted by Crippen LogP contribution is 2.26. The maximum atomic E-state index is 4.75. The molecule has 0 amide bonds. The largest absolute Gasteiger partial charge is 0.333 e. The summed E-state index contributed by atoms with van der Waals surface area (Å²) in [5, 5.41) is 0.924. The van der Waals surface area contributed by atoms with E-state index >= 15 is 0 Å². The van der Waals surface area contributed by atoms with E-state index in [1.54, 1.807) is 11.8 Å². The second-order valence-corrected chi connectivity index (χ2v) is 6.94. The molecular formula is C19H18N4S. The lowest BCUT2D eigenvalue weighted by Gasteiger charge is -2.05. The minimum atomic E-state index is 0.752. The molecule has 0 unspecified atom stereocenters. The van der Waals surface area contributed by atoms with E-state index in [1.807, 2.05) is 31.2 Å². The van der Waals surface area contributed by atoms with Crippen LogP contribution in [0.25, 0.3) is 22.1 Å². The van der Waals surface area contributed by atoms with Crippen LogP contribution in [0.3, 0.4) is 0 Å². The van der Waals surface area contributed by atoms with Gasteiger partial charge in [-0.1, -0.05) is 30.0 Å². The van der Waals surface area contributed by atoms with Crippen molar-refractivity contribution < 1.29 is 0 Å². The van der Waals surface area contributed by atoms with Gasteiger partial charge in [0, 0.05) is 5.75 Å². The zero-order chi connectivity index (χ0) is 16.7. The van der Waals surface area contributed by atoms with Crippen LogP contribution in [0.5, 0.6) is 0 Å². The topological polar surface area (TPSA) is 54.5 Å². The van der Waals surface area contributed by atoms with Gasteiger partial charge in [0.15, 0.2) is 5.16 Å². The summed E-state index contributed by atoms with van der Waals surface area (Å²) in [4.78, 5) is 17.5. The Morgan fingerprint density at radius 2 is 1.67 bits per heavy atom. The summed E-state index contributed by atoms with van der Waals surface area (Å²) < 4.78 is 0. The van der Waals surface area contributed by atoms with Crippen LogP contribution < -0.4 is 0 Å². The summed E-state index contributed by atoms with van der Waals surface area (Å²) in [6, 6.07) is 12.2. The Morgan fingerprint density at radius 1 is 0.917 bits per heavy atom. The first-order valence-corrected chi connectivity index (χ1v) is 8.91. The number of benzene rings is 2. The highest BCUT2D eigenvalue weighted by Gasteiger charge is 2.10. The van der Waals surface area contributed by atoms with Crippen molar-refractivity contribution in [1.29, 1.82) is 0 Å². The predicted octanol–water partition coefficient (Wildman–Crippen LogP) is 4.72. The Bertz CT molecular complexity index is 1050. The second-order valence-electron chi connectivity index (χ2n) is 5.98. The number of fused-ring (bicyclic) bond motifs is 2. The van der Waals surface area contributed by atoms with Crippen molar-refractivity contribution >= 4 is 33.8 Å². The molecule has 1 N–H and O–H groups in total. The monoisotopic (exact) mass is 334 g/mol. The van der Waals surface area contributed by atoms with Crippen LogP contribution in [-0.2, 0) is 5.75 Å². The lowest BCUT2D eigenvalue weighted by Crippen LogP contribution is -1.97. The molecule has 0 saturated heterocycles. The standard InChI is InChI=1S/C19H18N4S/c1-11-8-9-16-18(12(11)2)23-19(22-16)24-10-17-13(3)20-14-6-4-5-7-15(14)21-17/h4-9H,10H2,1-3H3,(H,22,23). The summed E-state index contributed by atoms with van der Waals surface area (Å²) in [5.41, 5.74) is 8.50. The molecule has 2 heterocycles. The number of nitrogens with one attached hydrogen (secondary N) is 1. The van der Waals surface area contributed by atoms with Crippen LogP contribution in [0.4, 0.5) is 0 Å². The van der Waals surface area contributed by atoms with E-state index in [0.29, 0.717) is 0 Å². The first-order chi connectivity index (χ1) is 11.6. The Balaban J connectivity index is 1.63. The number of hydrogen-bond donors (Lipinski definition) is 1. The van der Waals surface area contributed by atoms with Crippen molar-refractivity contribution in [1.82, 2.24) is 19.9 Å². The molecule has 0 saturated carbocycles. The molecule has 0 radical (unpaired) electrons. The molecule has 4 rings (SSSR count). The minimum absolute atomic E-state index is 0.752. The second kappa shape index (κ2) is 5.91. The molecule has 5 heteroatoms. The zero-order valence-electron chi connectivity index (χ0n) is 13.9. The molecule has 4 nitrogen and oxygen atoms in total. The number of aromatic amines is 1. The van der Waals surface area contributed by atoms with E-state index in [2.05, 4.69) is 35.9 Å². The quantitative estimate of drug-likeness (QED) is 0.551. The predicted molar refractivity (Wildman–Crippen MR) is 99.4 cm³/mol. The van der Waals surface area contributed by atoms with Gasteiger partial charge in [-0.2, -0.15) is 0 Å². The fourth-order valence-corrected chi connectivity index (χ4v) is 3.64. The van der Waals surface area contributed by atoms with Gasteiger partial charge in [-0.25, -0.2) is 15.0 Å². The SMILES string of the molecule is Cc1ccc2[nH]c(SCc3nc4ccccc4nc3C)nc2c1C. The van der Waals surface area contributed by atoms with Gasteiger partial charge in [0.1, 0.15) is 0 Å². The molecule has 0 aliphatic heterocycles. The molecule has 2 aromatic carbocycles. The molecule has 0 aliphatic carbocycles. The molecule has 0 fully saturated rings. The van der Waals surface area contributed by atoms with Crippen LogP contribution in [0, 0.1) is 20.8 Å². The van der Waals surface area contributed by atoms with Crippen molar-refractivity contribution in [3.8, 4) is 0 Å². The fourth-order valence-electron chi connectivity index (χ4n) is 2.76. The van der Waals surface area contributed by atoms with Crippen LogP contribution in [0.2, 0.25) is 0 Å². The molecule has 2 aromatic heterocycles. The van der Waals surface area contributed by atoms with E-state index in [1.165, 1.54) is 11.1 Å². The van der Waals surface area contributed by atoms with Gasteiger partial charge in [0.25, 0.3) is 0 Å². The molecule has 0 atom stereocenters. The van der Waals surface area contributed by atoms with E-state index in [-0.39, 0.29) is 0 Å². The molecule has 0 bridgehead atoms. The third-order valence-corrected chi connectivity index (χ3v) is 5.23. The summed E-state index contributed by atoms with van der Waals surface area (Å²) in [5.74, 6) is 0.752. The third-order valence-electron chi connectivity index (χ3n) is 4.35. The van der Waals surface area contributed by atoms with Crippen molar-refractivity contribution in [2.45, 2.75) is 31.7 Å². The third kappa shape index (κ3) is 2.65. The van der Waals surface area contributed by atoms with Gasteiger partial charge in [0.05, 0.1) is 33.5 Å². The van der Waals surface area contributed by atoms with Crippen molar-refractivity contribution in [3.63, 3.8) is 0 Å². The van der Waals surface area contributed by atoms with Gasteiger partial charge in [-0.05, 0) is 50.1 Å². The van der Waals surface area contributed by atoms with E-state index in [4.69, 9.17) is 9.97 Å². The summed E-state index contributed by atoms with van der Waals surface area (Å²) in [6.07, 6.45) is 0. The average Bonchev–Trinajstić information content (AvgIpc) is 3.00. The smallest absolute Gasteiger partial charge is 0.166 e. The Hall–Kier alpha value is -2.40. The van der Waals surface area contributed by atoms with Crippen LogP contribution in [0.15, 0.2) is 41.6 Å². The fraction of sp³-hybridized carbons (Fsp3) is 0.211. The zero-order valence-corrected chi connectivity index (χ0v) is 14.7. The molecule has 4 aromatic rings. The van der Waals surface area contributed by atoms with Gasteiger partial charge < -0.3 is 4.98 Å². The van der Waals surface area contributed by atoms with Crippen molar-refractivity contribution in [2.75, 3.05) is 0 Å². The van der Waals surface area contributed by atoms with E-state index in [9.17, 15) is 0 Å². The van der Waals surface area contributed by atoms with Crippen LogP contribution in [-0.4, -0.2) is 19.9 Å². The first kappa shape index (κ1) is 15.1. The lowest BCUT2D eigenvalue weighted by atomic mass is 10.1. The summed E-state index contributed by atoms with van der Waals surface area (Å²) in [7, 11) is 0. The van der Waals surface area contributed by atoms with Crippen LogP contribution >= 0.6 is 11.8 Å². The van der Waals surface area contributed by atoms with Gasteiger partial charge >= 0.3 is 0 Å². The molecule has 0 aliphatic rings. The molecule has 24 heavy (non-hydrogen) atoms. The number of H-pyrrole nitrogens is 1. The van der Waals surface area contributed by atoms with Crippen LogP contribution in [0.1, 0.15) is 22.5 Å². The van der Waals surface area contributed by atoms with Gasteiger partial charge in [-0.15, -0.1) is 0 Å². The Kier molecular flexibility index (Phi) is 3.73. The molecule has 120 valence electrons. The average molecular weight is 334 g/mol. The first-order valence-electron chi connectivity index (χ1n) is 7.93. The summed E-state index contributed by atoms with van der Waals surface area (Å²) >= 11 is 1.67. The van der Waals surface area contributed by atoms with Gasteiger partial charge in [0.2, 0.25) is 0 Å². The maximum Gasteiger partial charge on any atom is 0.166 e. The molecular weight excluding hydrogens is 316 g/mol. The highest BCUT2D eigenvalue weighted by molar-refractivity contribution is 7.98. The lowest BCUT2D eigenvalue weighted by molar-refractivity contribution is 1.05. The summed E-state index contributed by atoms with van der Waals surface area (Å²) in [6.45, 7) is 6.25. The number of rotatable bonds is 3. The number of imidazole rings is 1.